The number of rotatable bonds is 3. The van der Waals surface area contributed by atoms with Gasteiger partial charge in [-0.1, -0.05) is 19.9 Å². The van der Waals surface area contributed by atoms with Crippen molar-refractivity contribution in [3.8, 4) is 0 Å². The van der Waals surface area contributed by atoms with Gasteiger partial charge in [0.25, 0.3) is 0 Å². The third-order valence-corrected chi connectivity index (χ3v) is 4.57. The molecule has 5 heteroatoms. The molecular formula is C13H18N2O2S. The highest BCUT2D eigenvalue weighted by atomic mass is 32.1. The Hall–Kier alpha value is -1.36. The lowest BCUT2D eigenvalue weighted by Crippen LogP contribution is -2.59. The molecular weight excluding hydrogens is 248 g/mol. The molecule has 18 heavy (non-hydrogen) atoms. The maximum atomic E-state index is 11.9. The van der Waals surface area contributed by atoms with Crippen molar-refractivity contribution in [2.75, 3.05) is 13.1 Å². The summed E-state index contributed by atoms with van der Waals surface area (Å²) in [6, 6.07) is 3.70. The van der Waals surface area contributed by atoms with Crippen LogP contribution < -0.4 is 5.32 Å². The minimum absolute atomic E-state index is 0.00766. The Morgan fingerprint density at radius 2 is 2.22 bits per heavy atom. The molecule has 1 aliphatic heterocycles. The van der Waals surface area contributed by atoms with E-state index in [1.807, 2.05) is 11.4 Å². The quantitative estimate of drug-likeness (QED) is 0.898. The van der Waals surface area contributed by atoms with Crippen LogP contribution in [-0.4, -0.2) is 35.8 Å². The largest absolute Gasteiger partial charge is 0.345 e. The molecule has 0 spiro atoms. The number of thiophene rings is 1. The summed E-state index contributed by atoms with van der Waals surface area (Å²) in [5.41, 5.74) is -0.129. The lowest BCUT2D eigenvalue weighted by atomic mass is 9.90. The second-order valence-corrected chi connectivity index (χ2v) is 6.22. The average Bonchev–Trinajstić information content (AvgIpc) is 2.84. The van der Waals surface area contributed by atoms with Crippen LogP contribution in [0.15, 0.2) is 17.5 Å². The number of nitrogens with zero attached hydrogens (tertiary/aromatic N) is 1. The maximum Gasteiger partial charge on any atom is 0.242 e. The summed E-state index contributed by atoms with van der Waals surface area (Å²) in [5.74, 6) is -0.0803. The number of carbonyl (C=O) groups is 2. The first-order valence-corrected chi connectivity index (χ1v) is 6.91. The first-order chi connectivity index (χ1) is 8.42. The van der Waals surface area contributed by atoms with Gasteiger partial charge in [-0.15, -0.1) is 11.3 Å². The Kier molecular flexibility index (Phi) is 3.43. The van der Waals surface area contributed by atoms with Gasteiger partial charge in [0, 0.05) is 16.8 Å². The lowest BCUT2D eigenvalue weighted by molar-refractivity contribution is -0.145. The van der Waals surface area contributed by atoms with Gasteiger partial charge >= 0.3 is 0 Å². The van der Waals surface area contributed by atoms with E-state index in [9.17, 15) is 9.59 Å². The molecule has 98 valence electrons. The molecule has 0 aromatic carbocycles. The monoisotopic (exact) mass is 266 g/mol. The first-order valence-electron chi connectivity index (χ1n) is 6.03. The zero-order valence-corrected chi connectivity index (χ0v) is 11.7. The third-order valence-electron chi connectivity index (χ3n) is 3.33. The highest BCUT2D eigenvalue weighted by Gasteiger charge is 2.35. The van der Waals surface area contributed by atoms with Gasteiger partial charge in [-0.3, -0.25) is 9.59 Å². The Labute approximate surface area is 111 Å². The number of carbonyl (C=O) groups excluding carboxylic acids is 2. The van der Waals surface area contributed by atoms with Gasteiger partial charge in [0.1, 0.15) is 6.04 Å². The fourth-order valence-electron chi connectivity index (χ4n) is 2.16. The number of hydrogen-bond acceptors (Lipinski definition) is 3. The van der Waals surface area contributed by atoms with E-state index in [0.29, 0.717) is 6.54 Å². The van der Waals surface area contributed by atoms with E-state index < -0.39 is 0 Å². The van der Waals surface area contributed by atoms with Crippen molar-refractivity contribution in [1.82, 2.24) is 10.2 Å². The normalized spacial score (nSPS) is 21.1. The second kappa shape index (κ2) is 4.72. The van der Waals surface area contributed by atoms with Crippen LogP contribution in [0.4, 0.5) is 0 Å². The fraction of sp³-hybridized carbons (Fsp3) is 0.538. The number of hydrogen-bond donors (Lipinski definition) is 1. The van der Waals surface area contributed by atoms with Gasteiger partial charge in [-0.25, -0.2) is 0 Å². The number of nitrogens with one attached hydrogen (secondary N) is 1. The van der Waals surface area contributed by atoms with Crippen molar-refractivity contribution < 1.29 is 9.59 Å². The molecule has 2 amide bonds. The van der Waals surface area contributed by atoms with Gasteiger partial charge in [-0.05, 0) is 18.4 Å². The molecule has 1 saturated heterocycles. The van der Waals surface area contributed by atoms with Gasteiger partial charge in [-0.2, -0.15) is 0 Å². The minimum Gasteiger partial charge on any atom is -0.345 e. The van der Waals surface area contributed by atoms with Gasteiger partial charge in [0.2, 0.25) is 11.8 Å². The smallest absolute Gasteiger partial charge is 0.242 e. The molecule has 1 fully saturated rings. The van der Waals surface area contributed by atoms with Crippen LogP contribution in [-0.2, 0) is 15.0 Å². The molecule has 0 aliphatic carbocycles. The molecule has 1 atom stereocenters. The summed E-state index contributed by atoms with van der Waals surface area (Å²) < 4.78 is 0. The van der Waals surface area contributed by atoms with Crippen molar-refractivity contribution in [2.24, 2.45) is 0 Å². The maximum absolute atomic E-state index is 11.9. The highest BCUT2D eigenvalue weighted by Crippen LogP contribution is 2.29. The van der Waals surface area contributed by atoms with Crippen LogP contribution >= 0.6 is 11.3 Å². The second-order valence-electron chi connectivity index (χ2n) is 5.28. The van der Waals surface area contributed by atoms with Gasteiger partial charge < -0.3 is 10.2 Å². The molecule has 1 aromatic rings. The van der Waals surface area contributed by atoms with E-state index in [2.05, 4.69) is 25.2 Å². The van der Waals surface area contributed by atoms with E-state index in [0.717, 1.165) is 0 Å². The summed E-state index contributed by atoms with van der Waals surface area (Å²) in [5, 5.41) is 4.64. The molecule has 4 nitrogen and oxygen atoms in total. The zero-order valence-electron chi connectivity index (χ0n) is 10.9. The Morgan fingerprint density at radius 1 is 1.50 bits per heavy atom. The molecule has 0 saturated carbocycles. The Morgan fingerprint density at radius 3 is 2.83 bits per heavy atom. The van der Waals surface area contributed by atoms with E-state index in [-0.39, 0.29) is 29.8 Å². The number of amides is 2. The molecule has 1 N–H and O–H groups in total. The topological polar surface area (TPSA) is 49.4 Å². The van der Waals surface area contributed by atoms with Gasteiger partial charge in [0.15, 0.2) is 0 Å². The molecule has 1 unspecified atom stereocenters. The predicted octanol–water partition coefficient (Wildman–Crippen LogP) is 1.37. The number of piperazine rings is 1. The van der Waals surface area contributed by atoms with Crippen LogP contribution in [0.3, 0.4) is 0 Å². The van der Waals surface area contributed by atoms with E-state index in [1.54, 1.807) is 23.2 Å². The molecule has 2 rings (SSSR count). The first kappa shape index (κ1) is 13.1. The van der Waals surface area contributed by atoms with Gasteiger partial charge in [0.05, 0.1) is 6.54 Å². The van der Waals surface area contributed by atoms with E-state index in [4.69, 9.17) is 0 Å². The van der Waals surface area contributed by atoms with Crippen molar-refractivity contribution in [2.45, 2.75) is 32.2 Å². The van der Waals surface area contributed by atoms with E-state index in [1.165, 1.54) is 4.88 Å². The van der Waals surface area contributed by atoms with E-state index >= 15 is 0 Å². The summed E-state index contributed by atoms with van der Waals surface area (Å²) in [4.78, 5) is 26.4. The minimum atomic E-state index is -0.384. The van der Waals surface area contributed by atoms with Crippen LogP contribution in [0.2, 0.25) is 0 Å². The summed E-state index contributed by atoms with van der Waals surface area (Å²) in [7, 11) is 0. The van der Waals surface area contributed by atoms with Crippen molar-refractivity contribution in [1.29, 1.82) is 0 Å². The molecule has 0 radical (unpaired) electrons. The molecule has 0 bridgehead atoms. The molecule has 1 aromatic heterocycles. The van der Waals surface area contributed by atoms with Crippen LogP contribution in [0, 0.1) is 0 Å². The third kappa shape index (κ3) is 2.41. The van der Waals surface area contributed by atoms with Crippen LogP contribution in [0.5, 0.6) is 0 Å². The standard InChI is InChI=1S/C13H18N2O2S/c1-9-12(17)14-7-11(16)15(9)8-13(2,3)10-5-4-6-18-10/h4-6,9H,7-8H2,1-3H3,(H,14,17). The SMILES string of the molecule is CC1C(=O)NCC(=O)N1CC(C)(C)c1cccs1. The molecule has 1 aliphatic rings. The summed E-state index contributed by atoms with van der Waals surface area (Å²) >= 11 is 1.68. The Balaban J connectivity index is 2.17. The van der Waals surface area contributed by atoms with Crippen LogP contribution in [0.1, 0.15) is 25.6 Å². The van der Waals surface area contributed by atoms with Crippen LogP contribution in [0.25, 0.3) is 0 Å². The average molecular weight is 266 g/mol. The highest BCUT2D eigenvalue weighted by molar-refractivity contribution is 7.10. The van der Waals surface area contributed by atoms with Crippen molar-refractivity contribution >= 4 is 23.2 Å². The summed E-state index contributed by atoms with van der Waals surface area (Å²) in [6.07, 6.45) is 0. The Bertz CT molecular complexity index is 454. The molecule has 2 heterocycles. The zero-order chi connectivity index (χ0) is 13.3. The predicted molar refractivity (Wildman–Crippen MR) is 71.5 cm³/mol. The summed E-state index contributed by atoms with van der Waals surface area (Å²) in [6.45, 7) is 6.66. The fourth-order valence-corrected chi connectivity index (χ4v) is 3.01. The van der Waals surface area contributed by atoms with Crippen molar-refractivity contribution in [3.05, 3.63) is 22.4 Å². The lowest BCUT2D eigenvalue weighted by Gasteiger charge is -2.38. The van der Waals surface area contributed by atoms with Crippen molar-refractivity contribution in [3.63, 3.8) is 0 Å².